The summed E-state index contributed by atoms with van der Waals surface area (Å²) in [5.41, 5.74) is 0.259. The number of amides is 1. The highest BCUT2D eigenvalue weighted by atomic mass is 32.2. The molecular weight excluding hydrogens is 322 g/mol. The maximum Gasteiger partial charge on any atom is 0.311 e. The molecule has 1 amide bonds. The smallest absolute Gasteiger partial charge is 0.311 e. The van der Waals surface area contributed by atoms with Crippen molar-refractivity contribution in [2.75, 3.05) is 18.2 Å². The van der Waals surface area contributed by atoms with Gasteiger partial charge in [0.25, 0.3) is 0 Å². The summed E-state index contributed by atoms with van der Waals surface area (Å²) in [6.07, 6.45) is 0.738. The van der Waals surface area contributed by atoms with Gasteiger partial charge in [0.1, 0.15) is 5.82 Å². The molecule has 0 saturated heterocycles. The van der Waals surface area contributed by atoms with E-state index in [0.29, 0.717) is 10.8 Å². The maximum atomic E-state index is 11.9. The van der Waals surface area contributed by atoms with E-state index < -0.39 is 4.92 Å². The van der Waals surface area contributed by atoms with Crippen LogP contribution in [0.4, 0.5) is 11.4 Å². The number of anilines is 1. The molecule has 0 spiro atoms. The number of carbonyl (C=O) groups excluding carboxylic acids is 1. The van der Waals surface area contributed by atoms with E-state index in [1.807, 2.05) is 6.92 Å². The summed E-state index contributed by atoms with van der Waals surface area (Å²) >= 11 is 1.20. The van der Waals surface area contributed by atoms with Crippen LogP contribution in [0.2, 0.25) is 0 Å². The molecule has 1 aromatic carbocycles. The summed E-state index contributed by atoms with van der Waals surface area (Å²) in [6, 6.07) is 4.14. The Bertz CT molecular complexity index is 718. The van der Waals surface area contributed by atoms with E-state index in [4.69, 9.17) is 4.74 Å². The van der Waals surface area contributed by atoms with E-state index in [1.165, 1.54) is 37.1 Å². The first kappa shape index (κ1) is 16.7. The molecule has 122 valence electrons. The third kappa shape index (κ3) is 4.42. The fraction of sp³-hybridized carbons (Fsp3) is 0.308. The van der Waals surface area contributed by atoms with Crippen LogP contribution in [-0.4, -0.2) is 38.9 Å². The molecule has 0 atom stereocenters. The molecule has 9 nitrogen and oxygen atoms in total. The number of methoxy groups -OCH3 is 1. The monoisotopic (exact) mass is 337 g/mol. The number of ether oxygens (including phenoxy) is 1. The lowest BCUT2D eigenvalue weighted by Crippen LogP contribution is -2.14. The Morgan fingerprint density at radius 1 is 1.52 bits per heavy atom. The van der Waals surface area contributed by atoms with Gasteiger partial charge in [-0.15, -0.1) is 5.10 Å². The van der Waals surface area contributed by atoms with Crippen LogP contribution in [0.25, 0.3) is 0 Å². The Hall–Kier alpha value is -2.62. The predicted octanol–water partition coefficient (Wildman–Crippen LogP) is 2.01. The van der Waals surface area contributed by atoms with Gasteiger partial charge in [-0.3, -0.25) is 20.0 Å². The number of benzene rings is 1. The van der Waals surface area contributed by atoms with Gasteiger partial charge in [-0.25, -0.2) is 4.98 Å². The van der Waals surface area contributed by atoms with Gasteiger partial charge in [0.2, 0.25) is 11.1 Å². The van der Waals surface area contributed by atoms with Crippen molar-refractivity contribution in [2.45, 2.75) is 18.5 Å². The van der Waals surface area contributed by atoms with Crippen molar-refractivity contribution >= 4 is 29.0 Å². The van der Waals surface area contributed by atoms with Gasteiger partial charge < -0.3 is 10.1 Å². The van der Waals surface area contributed by atoms with E-state index in [1.54, 1.807) is 0 Å². The molecule has 0 bridgehead atoms. The van der Waals surface area contributed by atoms with E-state index in [0.717, 1.165) is 12.2 Å². The number of nitro benzene ring substituents is 1. The van der Waals surface area contributed by atoms with Crippen LogP contribution >= 0.6 is 11.8 Å². The van der Waals surface area contributed by atoms with Gasteiger partial charge in [0, 0.05) is 24.2 Å². The maximum absolute atomic E-state index is 11.9. The minimum atomic E-state index is -0.547. The molecular formula is C13H15N5O4S. The van der Waals surface area contributed by atoms with Crippen molar-refractivity contribution in [2.24, 2.45) is 0 Å². The summed E-state index contributed by atoms with van der Waals surface area (Å²) in [6.45, 7) is 1.95. The van der Waals surface area contributed by atoms with Crippen molar-refractivity contribution in [1.82, 2.24) is 15.2 Å². The average Bonchev–Trinajstić information content (AvgIpc) is 3.00. The molecule has 2 N–H and O–H groups in total. The van der Waals surface area contributed by atoms with Crippen LogP contribution in [0.5, 0.6) is 5.75 Å². The first-order valence-corrected chi connectivity index (χ1v) is 7.68. The molecule has 0 saturated carbocycles. The molecule has 0 fully saturated rings. The number of aryl methyl sites for hydroxylation is 1. The number of carbonyl (C=O) groups is 1. The van der Waals surface area contributed by atoms with Gasteiger partial charge in [-0.2, -0.15) is 0 Å². The SMILES string of the molecule is CCc1nc(SCC(=O)Nc2ccc([N+](=O)[O-])c(OC)c2)n[nH]1. The van der Waals surface area contributed by atoms with Gasteiger partial charge in [0.15, 0.2) is 5.75 Å². The van der Waals surface area contributed by atoms with Gasteiger partial charge >= 0.3 is 5.69 Å². The minimum absolute atomic E-state index is 0.0852. The second kappa shape index (κ2) is 7.58. The summed E-state index contributed by atoms with van der Waals surface area (Å²) in [5.74, 6) is 0.698. The van der Waals surface area contributed by atoms with Gasteiger partial charge in [0.05, 0.1) is 17.8 Å². The molecule has 0 aliphatic rings. The number of rotatable bonds is 7. The number of nitrogens with zero attached hydrogens (tertiary/aromatic N) is 3. The molecule has 0 aliphatic carbocycles. The van der Waals surface area contributed by atoms with Crippen molar-refractivity contribution in [1.29, 1.82) is 0 Å². The lowest BCUT2D eigenvalue weighted by molar-refractivity contribution is -0.385. The molecule has 1 heterocycles. The number of aromatic amines is 1. The summed E-state index contributed by atoms with van der Waals surface area (Å²) in [7, 11) is 1.33. The molecule has 23 heavy (non-hydrogen) atoms. The van der Waals surface area contributed by atoms with Crippen LogP contribution in [-0.2, 0) is 11.2 Å². The second-order valence-corrected chi connectivity index (χ2v) is 5.34. The zero-order valence-corrected chi connectivity index (χ0v) is 13.3. The zero-order chi connectivity index (χ0) is 16.8. The highest BCUT2D eigenvalue weighted by Gasteiger charge is 2.15. The molecule has 0 aliphatic heterocycles. The van der Waals surface area contributed by atoms with Crippen LogP contribution in [0.15, 0.2) is 23.4 Å². The summed E-state index contributed by atoms with van der Waals surface area (Å²) in [5, 5.41) is 20.7. The Morgan fingerprint density at radius 2 is 2.30 bits per heavy atom. The number of nitrogens with one attached hydrogen (secondary N) is 2. The topological polar surface area (TPSA) is 123 Å². The number of H-pyrrole nitrogens is 1. The average molecular weight is 337 g/mol. The molecule has 0 radical (unpaired) electrons. The second-order valence-electron chi connectivity index (χ2n) is 4.40. The van der Waals surface area contributed by atoms with E-state index in [-0.39, 0.29) is 23.1 Å². The van der Waals surface area contributed by atoms with E-state index in [2.05, 4.69) is 20.5 Å². The van der Waals surface area contributed by atoms with Crippen LogP contribution in [0.3, 0.4) is 0 Å². The largest absolute Gasteiger partial charge is 0.490 e. The standard InChI is InChI=1S/C13H15N5O4S/c1-3-11-15-13(17-16-11)23-7-12(19)14-8-4-5-9(18(20)21)10(6-8)22-2/h4-6H,3,7H2,1-2H3,(H,14,19)(H,15,16,17). The highest BCUT2D eigenvalue weighted by Crippen LogP contribution is 2.29. The van der Waals surface area contributed by atoms with Crippen molar-refractivity contribution in [3.8, 4) is 5.75 Å². The molecule has 1 aromatic heterocycles. The Kier molecular flexibility index (Phi) is 5.52. The molecule has 0 unspecified atom stereocenters. The van der Waals surface area contributed by atoms with Gasteiger partial charge in [-0.1, -0.05) is 18.7 Å². The predicted molar refractivity (Wildman–Crippen MR) is 84.8 cm³/mol. The lowest BCUT2D eigenvalue weighted by atomic mass is 10.2. The molecule has 2 rings (SSSR count). The number of hydrogen-bond donors (Lipinski definition) is 2. The number of nitro groups is 1. The highest BCUT2D eigenvalue weighted by molar-refractivity contribution is 7.99. The third-order valence-corrected chi connectivity index (χ3v) is 3.69. The van der Waals surface area contributed by atoms with E-state index in [9.17, 15) is 14.9 Å². The van der Waals surface area contributed by atoms with Crippen molar-refractivity contribution in [3.63, 3.8) is 0 Å². The number of thioether (sulfide) groups is 1. The van der Waals surface area contributed by atoms with Crippen molar-refractivity contribution < 1.29 is 14.5 Å². The van der Waals surface area contributed by atoms with E-state index >= 15 is 0 Å². The number of hydrogen-bond acceptors (Lipinski definition) is 7. The first-order chi connectivity index (χ1) is 11.0. The molecule has 2 aromatic rings. The molecule has 10 heteroatoms. The van der Waals surface area contributed by atoms with Crippen LogP contribution < -0.4 is 10.1 Å². The number of aromatic nitrogens is 3. The minimum Gasteiger partial charge on any atom is -0.490 e. The Labute approximate surface area is 136 Å². The zero-order valence-electron chi connectivity index (χ0n) is 12.5. The third-order valence-electron chi connectivity index (χ3n) is 2.84. The quantitative estimate of drug-likeness (QED) is 0.450. The van der Waals surface area contributed by atoms with Crippen molar-refractivity contribution in [3.05, 3.63) is 34.1 Å². The van der Waals surface area contributed by atoms with Gasteiger partial charge in [-0.05, 0) is 6.07 Å². The summed E-state index contributed by atoms with van der Waals surface area (Å²) in [4.78, 5) is 26.4. The normalized spacial score (nSPS) is 10.3. The van der Waals surface area contributed by atoms with Crippen LogP contribution in [0, 0.1) is 10.1 Å². The lowest BCUT2D eigenvalue weighted by Gasteiger charge is -2.07. The fourth-order valence-electron chi connectivity index (χ4n) is 1.73. The fourth-order valence-corrected chi connectivity index (χ4v) is 2.35. The summed E-state index contributed by atoms with van der Waals surface area (Å²) < 4.78 is 4.95. The van der Waals surface area contributed by atoms with Crippen LogP contribution in [0.1, 0.15) is 12.7 Å². The Balaban J connectivity index is 1.95. The Morgan fingerprint density at radius 3 is 2.91 bits per heavy atom. The first-order valence-electron chi connectivity index (χ1n) is 6.69.